The van der Waals surface area contributed by atoms with Crippen molar-refractivity contribution in [1.82, 2.24) is 4.98 Å². The van der Waals surface area contributed by atoms with E-state index in [0.29, 0.717) is 10.6 Å². The minimum atomic E-state index is -2.42. The van der Waals surface area contributed by atoms with E-state index in [0.717, 1.165) is 0 Å². The first kappa shape index (κ1) is 13.5. The van der Waals surface area contributed by atoms with Crippen LogP contribution in [0, 0.1) is 0 Å². The summed E-state index contributed by atoms with van der Waals surface area (Å²) in [5, 5.41) is 0.329. The van der Waals surface area contributed by atoms with E-state index in [1.165, 1.54) is 12.4 Å². The van der Waals surface area contributed by atoms with Gasteiger partial charge in [-0.25, -0.2) is 8.78 Å². The number of nitrogens with two attached hydrogens (primary N) is 1. The largest absolute Gasteiger partial charge is 0.324 e. The highest BCUT2D eigenvalue weighted by molar-refractivity contribution is 6.31. The number of halogens is 4. The minimum Gasteiger partial charge on any atom is -0.324 e. The summed E-state index contributed by atoms with van der Waals surface area (Å²) in [7, 11) is 0. The SMILES string of the molecule is Cl.N[C@H](CC(F)F)c1ccncc1Cl. The van der Waals surface area contributed by atoms with Gasteiger partial charge in [0.25, 0.3) is 0 Å². The van der Waals surface area contributed by atoms with Gasteiger partial charge in [-0.05, 0) is 11.6 Å². The standard InChI is InChI=1S/C8H9ClF2N2.ClH/c9-6-4-13-2-1-5(6)7(12)3-8(10)11;/h1-2,4,7-8H,3,12H2;1H/t7-;/m1./s1. The Morgan fingerprint density at radius 2 is 2.14 bits per heavy atom. The van der Waals surface area contributed by atoms with Gasteiger partial charge in [-0.15, -0.1) is 12.4 Å². The van der Waals surface area contributed by atoms with Gasteiger partial charge in [0, 0.05) is 24.9 Å². The van der Waals surface area contributed by atoms with Crippen LogP contribution in [0.5, 0.6) is 0 Å². The molecule has 1 heterocycles. The van der Waals surface area contributed by atoms with Crippen LogP contribution >= 0.6 is 24.0 Å². The van der Waals surface area contributed by atoms with Crippen LogP contribution in [-0.2, 0) is 0 Å². The molecule has 1 rings (SSSR count). The van der Waals surface area contributed by atoms with E-state index >= 15 is 0 Å². The molecule has 1 aromatic heterocycles. The Balaban J connectivity index is 0.00000169. The Kier molecular flexibility index (Phi) is 5.92. The molecule has 2 N–H and O–H groups in total. The molecule has 1 atom stereocenters. The molecular weight excluding hydrogens is 233 g/mol. The average Bonchev–Trinajstić information content (AvgIpc) is 2.03. The van der Waals surface area contributed by atoms with E-state index in [9.17, 15) is 8.78 Å². The number of aromatic nitrogens is 1. The second-order valence-electron chi connectivity index (χ2n) is 2.63. The van der Waals surface area contributed by atoms with Crippen molar-refractivity contribution >= 4 is 24.0 Å². The van der Waals surface area contributed by atoms with Gasteiger partial charge in [-0.2, -0.15) is 0 Å². The summed E-state index contributed by atoms with van der Waals surface area (Å²) in [5.41, 5.74) is 6.02. The number of alkyl halides is 2. The maximum absolute atomic E-state index is 12.0. The van der Waals surface area contributed by atoms with E-state index in [4.69, 9.17) is 17.3 Å². The van der Waals surface area contributed by atoms with E-state index in [1.54, 1.807) is 6.07 Å². The highest BCUT2D eigenvalue weighted by atomic mass is 35.5. The van der Waals surface area contributed by atoms with Gasteiger partial charge in [0.2, 0.25) is 6.43 Å². The average molecular weight is 243 g/mol. The third kappa shape index (κ3) is 3.74. The lowest BCUT2D eigenvalue weighted by Gasteiger charge is -2.11. The molecule has 0 saturated carbocycles. The quantitative estimate of drug-likeness (QED) is 0.886. The zero-order chi connectivity index (χ0) is 9.84. The van der Waals surface area contributed by atoms with Gasteiger partial charge in [0.15, 0.2) is 0 Å². The van der Waals surface area contributed by atoms with Crippen LogP contribution in [0.4, 0.5) is 8.78 Å². The Bertz CT molecular complexity index is 284. The summed E-state index contributed by atoms with van der Waals surface area (Å²) in [6, 6.07) is 0.825. The molecule has 1 aromatic rings. The lowest BCUT2D eigenvalue weighted by atomic mass is 10.1. The van der Waals surface area contributed by atoms with E-state index in [-0.39, 0.29) is 18.8 Å². The van der Waals surface area contributed by atoms with Crippen LogP contribution in [0.25, 0.3) is 0 Å². The Hall–Kier alpha value is -0.450. The monoisotopic (exact) mass is 242 g/mol. The molecule has 0 fully saturated rings. The van der Waals surface area contributed by atoms with Crippen molar-refractivity contribution in [3.05, 3.63) is 29.0 Å². The van der Waals surface area contributed by atoms with E-state index in [1.807, 2.05) is 0 Å². The van der Waals surface area contributed by atoms with Crippen LogP contribution in [0.1, 0.15) is 18.0 Å². The first-order chi connectivity index (χ1) is 6.11. The molecule has 0 unspecified atom stereocenters. The Morgan fingerprint density at radius 1 is 1.50 bits per heavy atom. The van der Waals surface area contributed by atoms with E-state index in [2.05, 4.69) is 4.98 Å². The van der Waals surface area contributed by atoms with Crippen LogP contribution < -0.4 is 5.73 Å². The second-order valence-corrected chi connectivity index (χ2v) is 3.04. The van der Waals surface area contributed by atoms with Gasteiger partial charge in [-0.3, -0.25) is 4.98 Å². The first-order valence-corrected chi connectivity index (χ1v) is 4.12. The molecule has 14 heavy (non-hydrogen) atoms. The lowest BCUT2D eigenvalue weighted by Crippen LogP contribution is -2.14. The third-order valence-corrected chi connectivity index (χ3v) is 1.95. The van der Waals surface area contributed by atoms with Crippen molar-refractivity contribution in [3.63, 3.8) is 0 Å². The van der Waals surface area contributed by atoms with Gasteiger partial charge >= 0.3 is 0 Å². The number of hydrogen-bond donors (Lipinski definition) is 1. The van der Waals surface area contributed by atoms with Crippen LogP contribution in [0.3, 0.4) is 0 Å². The predicted molar refractivity (Wildman–Crippen MR) is 54.0 cm³/mol. The molecular formula is C8H10Cl2F2N2. The maximum Gasteiger partial charge on any atom is 0.240 e. The molecule has 0 bridgehead atoms. The van der Waals surface area contributed by atoms with Crippen molar-refractivity contribution < 1.29 is 8.78 Å². The van der Waals surface area contributed by atoms with Crippen LogP contribution in [-0.4, -0.2) is 11.4 Å². The minimum absolute atomic E-state index is 0. The molecule has 0 aliphatic carbocycles. The van der Waals surface area contributed by atoms with Crippen LogP contribution in [0.2, 0.25) is 5.02 Å². The molecule has 0 aliphatic heterocycles. The van der Waals surface area contributed by atoms with Gasteiger partial charge in [0.1, 0.15) is 0 Å². The molecule has 0 spiro atoms. The fourth-order valence-electron chi connectivity index (χ4n) is 1.01. The van der Waals surface area contributed by atoms with Crippen molar-refractivity contribution in [2.75, 3.05) is 0 Å². The molecule has 0 saturated heterocycles. The zero-order valence-corrected chi connectivity index (χ0v) is 8.73. The second kappa shape index (κ2) is 6.11. The molecule has 0 radical (unpaired) electrons. The predicted octanol–water partition coefficient (Wildman–Crippen LogP) is 2.81. The fourth-order valence-corrected chi connectivity index (χ4v) is 1.27. The highest BCUT2D eigenvalue weighted by Crippen LogP contribution is 2.24. The molecule has 0 aliphatic rings. The summed E-state index contributed by atoms with van der Waals surface area (Å²) < 4.78 is 23.9. The Morgan fingerprint density at radius 3 is 2.64 bits per heavy atom. The van der Waals surface area contributed by atoms with E-state index < -0.39 is 12.5 Å². The molecule has 80 valence electrons. The van der Waals surface area contributed by atoms with Gasteiger partial charge in [0.05, 0.1) is 5.02 Å². The maximum atomic E-state index is 12.0. The summed E-state index contributed by atoms with van der Waals surface area (Å²) in [6.07, 6.45) is 0.0672. The van der Waals surface area contributed by atoms with Gasteiger partial charge in [-0.1, -0.05) is 11.6 Å². The molecule has 0 amide bonds. The summed E-state index contributed by atoms with van der Waals surface area (Å²) in [6.45, 7) is 0. The molecule has 6 heteroatoms. The molecule has 0 aromatic carbocycles. The van der Waals surface area contributed by atoms with Crippen molar-refractivity contribution in [3.8, 4) is 0 Å². The number of rotatable bonds is 3. The first-order valence-electron chi connectivity index (χ1n) is 3.74. The third-order valence-electron chi connectivity index (χ3n) is 1.64. The smallest absolute Gasteiger partial charge is 0.240 e. The highest BCUT2D eigenvalue weighted by Gasteiger charge is 2.14. The summed E-state index contributed by atoms with van der Waals surface area (Å²) in [4.78, 5) is 3.73. The fraction of sp³-hybridized carbons (Fsp3) is 0.375. The normalized spacial score (nSPS) is 12.4. The number of pyridine rings is 1. The van der Waals surface area contributed by atoms with Crippen molar-refractivity contribution in [1.29, 1.82) is 0 Å². The number of hydrogen-bond acceptors (Lipinski definition) is 2. The van der Waals surface area contributed by atoms with Crippen molar-refractivity contribution in [2.24, 2.45) is 5.73 Å². The topological polar surface area (TPSA) is 38.9 Å². The Labute approximate surface area is 91.9 Å². The van der Waals surface area contributed by atoms with Crippen LogP contribution in [0.15, 0.2) is 18.5 Å². The number of nitrogens with zero attached hydrogens (tertiary/aromatic N) is 1. The lowest BCUT2D eigenvalue weighted by molar-refractivity contribution is 0.128. The molecule has 2 nitrogen and oxygen atoms in total. The summed E-state index contributed by atoms with van der Waals surface area (Å²) in [5.74, 6) is 0. The zero-order valence-electron chi connectivity index (χ0n) is 7.16. The van der Waals surface area contributed by atoms with Crippen molar-refractivity contribution in [2.45, 2.75) is 18.9 Å². The van der Waals surface area contributed by atoms with Gasteiger partial charge < -0.3 is 5.73 Å². The summed E-state index contributed by atoms with van der Waals surface area (Å²) >= 11 is 5.72.